The molecule has 2 aliphatic rings. The molecule has 2 aliphatic heterocycles. The molecule has 0 saturated carbocycles. The zero-order valence-electron chi connectivity index (χ0n) is 19.2. The van der Waals surface area contributed by atoms with Gasteiger partial charge < -0.3 is 20.9 Å². The summed E-state index contributed by atoms with van der Waals surface area (Å²) in [6.07, 6.45) is 1.87. The van der Waals surface area contributed by atoms with E-state index in [0.717, 1.165) is 54.1 Å². The number of fused-ring (bicyclic) bond motifs is 1. The monoisotopic (exact) mass is 425 g/mol. The average Bonchev–Trinajstić information content (AvgIpc) is 3.02. The molecule has 5 nitrogen and oxygen atoms in total. The molecule has 2 aromatic carbocycles. The normalized spacial score (nSPS) is 17.8. The highest BCUT2D eigenvalue weighted by Crippen LogP contribution is 2.39. The van der Waals surface area contributed by atoms with E-state index in [1.54, 1.807) is 0 Å². The number of nitrogens with zero attached hydrogens (tertiary/aromatic N) is 3. The number of piperazine rings is 1. The number of nitrogens with one attached hydrogen (secondary N) is 1. The van der Waals surface area contributed by atoms with Crippen molar-refractivity contribution in [2.24, 2.45) is 0 Å². The first-order valence-electron chi connectivity index (χ1n) is 11.2. The van der Waals surface area contributed by atoms with Crippen molar-refractivity contribution in [2.45, 2.75) is 19.4 Å². The fraction of sp³-hybridized carbons (Fsp3) is 0.296. The number of hydrogen-bond acceptors (Lipinski definition) is 5. The fourth-order valence-corrected chi connectivity index (χ4v) is 4.80. The highest BCUT2D eigenvalue weighted by molar-refractivity contribution is 5.82. The summed E-state index contributed by atoms with van der Waals surface area (Å²) >= 11 is 0. The van der Waals surface area contributed by atoms with Gasteiger partial charge in [0, 0.05) is 60.5 Å². The van der Waals surface area contributed by atoms with Gasteiger partial charge in [0.2, 0.25) is 0 Å². The van der Waals surface area contributed by atoms with Gasteiger partial charge in [0.15, 0.2) is 0 Å². The number of likely N-dealkylation sites (N-methyl/N-ethyl adjacent to an activating group) is 1. The van der Waals surface area contributed by atoms with Gasteiger partial charge in [-0.25, -0.2) is 4.98 Å². The second-order valence-electron chi connectivity index (χ2n) is 9.48. The van der Waals surface area contributed by atoms with Crippen molar-refractivity contribution in [2.75, 3.05) is 43.9 Å². The van der Waals surface area contributed by atoms with Crippen LogP contribution in [0.25, 0.3) is 28.0 Å². The van der Waals surface area contributed by atoms with Crippen LogP contribution in [0, 0.1) is 0 Å². The first-order valence-corrected chi connectivity index (χ1v) is 11.2. The fourth-order valence-electron chi connectivity index (χ4n) is 4.80. The molecule has 0 spiro atoms. The number of hydrogen-bond donors (Lipinski definition) is 2. The topological polar surface area (TPSA) is 57.4 Å². The molecule has 0 aliphatic carbocycles. The highest BCUT2D eigenvalue weighted by atomic mass is 15.2. The van der Waals surface area contributed by atoms with Gasteiger partial charge in [0.25, 0.3) is 0 Å². The Labute approximate surface area is 190 Å². The molecule has 0 radical (unpaired) electrons. The smallest absolute Gasteiger partial charge is 0.131 e. The van der Waals surface area contributed by atoms with Crippen LogP contribution in [-0.4, -0.2) is 43.1 Å². The SMILES string of the molecule is C=C1NC(C)(C)c2cc(-c3cc(-c4ccc(N5CCN(C)CC5)cc4)cnc3N)ccc21. The number of pyridine rings is 1. The second-order valence-corrected chi connectivity index (χ2v) is 9.48. The summed E-state index contributed by atoms with van der Waals surface area (Å²) in [6.45, 7) is 12.9. The zero-order chi connectivity index (χ0) is 22.5. The van der Waals surface area contributed by atoms with Crippen molar-refractivity contribution in [3.05, 3.63) is 72.4 Å². The summed E-state index contributed by atoms with van der Waals surface area (Å²) in [7, 11) is 2.18. The van der Waals surface area contributed by atoms with Gasteiger partial charge in [0.1, 0.15) is 5.82 Å². The third-order valence-electron chi connectivity index (χ3n) is 6.78. The third-order valence-corrected chi connectivity index (χ3v) is 6.78. The molecule has 0 atom stereocenters. The Morgan fingerprint density at radius 2 is 1.59 bits per heavy atom. The predicted octanol–water partition coefficient (Wildman–Crippen LogP) is 4.56. The highest BCUT2D eigenvalue weighted by Gasteiger charge is 2.31. The van der Waals surface area contributed by atoms with Crippen molar-refractivity contribution in [1.29, 1.82) is 0 Å². The van der Waals surface area contributed by atoms with E-state index in [-0.39, 0.29) is 5.54 Å². The maximum Gasteiger partial charge on any atom is 0.131 e. The molecule has 1 fully saturated rings. The Morgan fingerprint density at radius 1 is 0.906 bits per heavy atom. The number of benzene rings is 2. The third kappa shape index (κ3) is 3.63. The summed E-state index contributed by atoms with van der Waals surface area (Å²) in [6, 6.07) is 17.4. The Balaban J connectivity index is 1.46. The van der Waals surface area contributed by atoms with Crippen LogP contribution < -0.4 is 16.0 Å². The van der Waals surface area contributed by atoms with Crippen molar-refractivity contribution >= 4 is 17.2 Å². The maximum absolute atomic E-state index is 6.32. The Kier molecular flexibility index (Phi) is 4.94. The van der Waals surface area contributed by atoms with Gasteiger partial charge in [-0.2, -0.15) is 0 Å². The van der Waals surface area contributed by atoms with E-state index in [4.69, 9.17) is 5.73 Å². The van der Waals surface area contributed by atoms with Crippen molar-refractivity contribution in [1.82, 2.24) is 15.2 Å². The molecule has 164 valence electrons. The first kappa shape index (κ1) is 20.6. The summed E-state index contributed by atoms with van der Waals surface area (Å²) < 4.78 is 0. The molecular weight excluding hydrogens is 394 g/mol. The second kappa shape index (κ2) is 7.68. The van der Waals surface area contributed by atoms with E-state index in [9.17, 15) is 0 Å². The predicted molar refractivity (Wildman–Crippen MR) is 134 cm³/mol. The molecule has 0 unspecified atom stereocenters. The first-order chi connectivity index (χ1) is 15.3. The van der Waals surface area contributed by atoms with Crippen LogP contribution in [0.3, 0.4) is 0 Å². The van der Waals surface area contributed by atoms with Crippen LogP contribution in [0.15, 0.2) is 61.3 Å². The molecule has 1 aromatic heterocycles. The number of nitrogen functional groups attached to an aromatic ring is 1. The van der Waals surface area contributed by atoms with Crippen LogP contribution in [0.2, 0.25) is 0 Å². The average molecular weight is 426 g/mol. The molecule has 0 amide bonds. The van der Waals surface area contributed by atoms with Crippen LogP contribution in [0.4, 0.5) is 11.5 Å². The minimum Gasteiger partial charge on any atom is -0.383 e. The van der Waals surface area contributed by atoms with Gasteiger partial charge in [-0.1, -0.05) is 30.8 Å². The lowest BCUT2D eigenvalue weighted by molar-refractivity contribution is 0.313. The largest absolute Gasteiger partial charge is 0.383 e. The van der Waals surface area contributed by atoms with Crippen molar-refractivity contribution in [3.63, 3.8) is 0 Å². The van der Waals surface area contributed by atoms with Crippen LogP contribution >= 0.6 is 0 Å². The lowest BCUT2D eigenvalue weighted by Gasteiger charge is -2.34. The minimum absolute atomic E-state index is 0.151. The summed E-state index contributed by atoms with van der Waals surface area (Å²) in [5, 5.41) is 3.48. The molecular formula is C27H31N5. The Morgan fingerprint density at radius 3 is 2.31 bits per heavy atom. The summed E-state index contributed by atoms with van der Waals surface area (Å²) in [5.74, 6) is 0.547. The van der Waals surface area contributed by atoms with E-state index >= 15 is 0 Å². The quantitative estimate of drug-likeness (QED) is 0.644. The van der Waals surface area contributed by atoms with E-state index in [1.807, 2.05) is 6.20 Å². The van der Waals surface area contributed by atoms with Gasteiger partial charge >= 0.3 is 0 Å². The molecule has 5 heteroatoms. The van der Waals surface area contributed by atoms with Gasteiger partial charge in [-0.15, -0.1) is 0 Å². The molecule has 3 aromatic rings. The van der Waals surface area contributed by atoms with Gasteiger partial charge in [0.05, 0.1) is 5.54 Å². The molecule has 0 bridgehead atoms. The molecule has 3 heterocycles. The lowest BCUT2D eigenvalue weighted by Crippen LogP contribution is -2.44. The standard InChI is InChI=1S/C27H31N5/c1-18-23-10-7-20(16-25(23)27(2,3)30-18)24-15-21(17-29-26(24)28)19-5-8-22(9-6-19)32-13-11-31(4)12-14-32/h5-10,15-17,30H,1,11-14H2,2-4H3,(H2,28,29). The van der Waals surface area contributed by atoms with Crippen LogP contribution in [0.5, 0.6) is 0 Å². The van der Waals surface area contributed by atoms with E-state index < -0.39 is 0 Å². The zero-order valence-corrected chi connectivity index (χ0v) is 19.2. The molecule has 32 heavy (non-hydrogen) atoms. The van der Waals surface area contributed by atoms with Gasteiger partial charge in [-0.05, 0) is 61.9 Å². The minimum atomic E-state index is -0.151. The maximum atomic E-state index is 6.32. The molecule has 5 rings (SSSR count). The Bertz CT molecular complexity index is 1170. The van der Waals surface area contributed by atoms with Crippen molar-refractivity contribution in [3.8, 4) is 22.3 Å². The number of aromatic nitrogens is 1. The number of anilines is 2. The van der Waals surface area contributed by atoms with E-state index in [2.05, 4.69) is 96.1 Å². The lowest BCUT2D eigenvalue weighted by atomic mass is 9.90. The van der Waals surface area contributed by atoms with Crippen LogP contribution in [-0.2, 0) is 5.54 Å². The summed E-state index contributed by atoms with van der Waals surface area (Å²) in [4.78, 5) is 9.35. The van der Waals surface area contributed by atoms with Gasteiger partial charge in [-0.3, -0.25) is 0 Å². The number of nitrogens with two attached hydrogens (primary N) is 1. The summed E-state index contributed by atoms with van der Waals surface area (Å²) in [5.41, 5.74) is 15.1. The van der Waals surface area contributed by atoms with Crippen LogP contribution in [0.1, 0.15) is 25.0 Å². The number of rotatable bonds is 3. The molecule has 3 N–H and O–H groups in total. The Hall–Kier alpha value is -3.31. The van der Waals surface area contributed by atoms with E-state index in [1.165, 1.54) is 16.8 Å². The van der Waals surface area contributed by atoms with E-state index in [0.29, 0.717) is 5.82 Å². The van der Waals surface area contributed by atoms with Crippen molar-refractivity contribution < 1.29 is 0 Å². The molecule has 1 saturated heterocycles.